The number of para-hydroxylation sites is 1. The minimum atomic E-state index is 0.960. The standard InChI is InChI=1S/C19H19N3/c1-4-22-13(3)18(14-7-5-6-8-17(14)22)19-20-15-10-9-12(2)11-16(15)21-19/h5-11H,4H2,1-3H3,(H,20,21). The van der Waals surface area contributed by atoms with Crippen molar-refractivity contribution in [3.63, 3.8) is 0 Å². The van der Waals surface area contributed by atoms with E-state index in [0.717, 1.165) is 23.4 Å². The van der Waals surface area contributed by atoms with E-state index in [1.54, 1.807) is 0 Å². The second-order valence-electron chi connectivity index (χ2n) is 5.83. The molecule has 4 rings (SSSR count). The fourth-order valence-electron chi connectivity index (χ4n) is 3.38. The van der Waals surface area contributed by atoms with Crippen LogP contribution in [0.1, 0.15) is 18.2 Å². The predicted molar refractivity (Wildman–Crippen MR) is 92.2 cm³/mol. The first kappa shape index (κ1) is 13.1. The van der Waals surface area contributed by atoms with Crippen LogP contribution < -0.4 is 0 Å². The Morgan fingerprint density at radius 2 is 1.91 bits per heavy atom. The molecule has 0 saturated carbocycles. The number of nitrogens with one attached hydrogen (secondary N) is 1. The van der Waals surface area contributed by atoms with Crippen LogP contribution in [0.5, 0.6) is 0 Å². The zero-order chi connectivity index (χ0) is 15.3. The van der Waals surface area contributed by atoms with Crippen LogP contribution in [0.15, 0.2) is 42.5 Å². The van der Waals surface area contributed by atoms with Crippen molar-refractivity contribution in [2.75, 3.05) is 0 Å². The van der Waals surface area contributed by atoms with E-state index in [1.807, 2.05) is 0 Å². The van der Waals surface area contributed by atoms with Crippen molar-refractivity contribution in [2.24, 2.45) is 0 Å². The Kier molecular flexibility index (Phi) is 2.83. The summed E-state index contributed by atoms with van der Waals surface area (Å²) in [5, 5.41) is 1.26. The van der Waals surface area contributed by atoms with Crippen molar-refractivity contribution in [1.82, 2.24) is 14.5 Å². The first-order chi connectivity index (χ1) is 10.7. The second-order valence-corrected chi connectivity index (χ2v) is 5.83. The molecule has 110 valence electrons. The van der Waals surface area contributed by atoms with E-state index in [0.29, 0.717) is 0 Å². The molecule has 0 aliphatic carbocycles. The molecule has 0 aliphatic rings. The fraction of sp³-hybridized carbons (Fsp3) is 0.211. The lowest BCUT2D eigenvalue weighted by Gasteiger charge is -2.03. The lowest BCUT2D eigenvalue weighted by Crippen LogP contribution is -1.96. The summed E-state index contributed by atoms with van der Waals surface area (Å²) >= 11 is 0. The summed E-state index contributed by atoms with van der Waals surface area (Å²) in [4.78, 5) is 8.31. The van der Waals surface area contributed by atoms with Crippen molar-refractivity contribution in [1.29, 1.82) is 0 Å². The summed E-state index contributed by atoms with van der Waals surface area (Å²) in [7, 11) is 0. The van der Waals surface area contributed by atoms with Gasteiger partial charge in [0.25, 0.3) is 0 Å². The van der Waals surface area contributed by atoms with Gasteiger partial charge in [-0.2, -0.15) is 0 Å². The Morgan fingerprint density at radius 1 is 1.09 bits per heavy atom. The minimum Gasteiger partial charge on any atom is -0.344 e. The summed E-state index contributed by atoms with van der Waals surface area (Å²) in [5.74, 6) is 0.960. The fourth-order valence-corrected chi connectivity index (χ4v) is 3.38. The van der Waals surface area contributed by atoms with E-state index in [-0.39, 0.29) is 0 Å². The van der Waals surface area contributed by atoms with Gasteiger partial charge in [0, 0.05) is 28.7 Å². The molecule has 1 N–H and O–H groups in total. The lowest BCUT2D eigenvalue weighted by molar-refractivity contribution is 0.770. The van der Waals surface area contributed by atoms with Crippen molar-refractivity contribution in [3.8, 4) is 11.4 Å². The number of H-pyrrole nitrogens is 1. The predicted octanol–water partition coefficient (Wildman–Crippen LogP) is 4.82. The number of aromatic amines is 1. The van der Waals surface area contributed by atoms with Gasteiger partial charge < -0.3 is 9.55 Å². The molecule has 3 heteroatoms. The molecule has 0 fully saturated rings. The number of imidazole rings is 1. The molecule has 2 aromatic carbocycles. The molecule has 2 aromatic heterocycles. The average Bonchev–Trinajstić information content (AvgIpc) is 3.03. The molecule has 22 heavy (non-hydrogen) atoms. The monoisotopic (exact) mass is 289 g/mol. The average molecular weight is 289 g/mol. The highest BCUT2D eigenvalue weighted by molar-refractivity contribution is 5.97. The van der Waals surface area contributed by atoms with Gasteiger partial charge in [-0.25, -0.2) is 4.98 Å². The van der Waals surface area contributed by atoms with Gasteiger partial charge in [0.1, 0.15) is 5.82 Å². The smallest absolute Gasteiger partial charge is 0.140 e. The molecule has 0 amide bonds. The number of hydrogen-bond donors (Lipinski definition) is 1. The van der Waals surface area contributed by atoms with Gasteiger partial charge >= 0.3 is 0 Å². The highest BCUT2D eigenvalue weighted by Gasteiger charge is 2.17. The topological polar surface area (TPSA) is 33.6 Å². The molecule has 0 aliphatic heterocycles. The Hall–Kier alpha value is -2.55. The van der Waals surface area contributed by atoms with Crippen molar-refractivity contribution in [3.05, 3.63) is 53.7 Å². The lowest BCUT2D eigenvalue weighted by atomic mass is 10.1. The van der Waals surface area contributed by atoms with Crippen LogP contribution in [0, 0.1) is 13.8 Å². The number of aryl methyl sites for hydroxylation is 2. The maximum absolute atomic E-state index is 4.81. The number of fused-ring (bicyclic) bond motifs is 2. The highest BCUT2D eigenvalue weighted by atomic mass is 15.0. The number of aromatic nitrogens is 3. The quantitative estimate of drug-likeness (QED) is 0.564. The van der Waals surface area contributed by atoms with Crippen LogP contribution in [0.3, 0.4) is 0 Å². The summed E-state index contributed by atoms with van der Waals surface area (Å²) in [6.07, 6.45) is 0. The Bertz CT molecular complexity index is 989. The number of hydrogen-bond acceptors (Lipinski definition) is 1. The summed E-state index contributed by atoms with van der Waals surface area (Å²) in [5.41, 5.74) is 7.12. The summed E-state index contributed by atoms with van der Waals surface area (Å²) in [6, 6.07) is 14.9. The molecule has 0 unspecified atom stereocenters. The third kappa shape index (κ3) is 1.78. The Morgan fingerprint density at radius 3 is 2.73 bits per heavy atom. The van der Waals surface area contributed by atoms with Gasteiger partial charge in [-0.1, -0.05) is 24.3 Å². The normalized spacial score (nSPS) is 11.6. The van der Waals surface area contributed by atoms with E-state index >= 15 is 0 Å². The number of rotatable bonds is 2. The third-order valence-electron chi connectivity index (χ3n) is 4.42. The van der Waals surface area contributed by atoms with Crippen LogP contribution in [0.25, 0.3) is 33.3 Å². The first-order valence-corrected chi connectivity index (χ1v) is 7.73. The molecule has 0 saturated heterocycles. The summed E-state index contributed by atoms with van der Waals surface area (Å²) < 4.78 is 2.35. The molecule has 0 radical (unpaired) electrons. The van der Waals surface area contributed by atoms with Gasteiger partial charge in [0.15, 0.2) is 0 Å². The van der Waals surface area contributed by atoms with Gasteiger partial charge in [-0.05, 0) is 44.5 Å². The van der Waals surface area contributed by atoms with E-state index in [4.69, 9.17) is 4.98 Å². The second kappa shape index (κ2) is 4.73. The van der Waals surface area contributed by atoms with Gasteiger partial charge in [0.2, 0.25) is 0 Å². The van der Waals surface area contributed by atoms with Gasteiger partial charge in [-0.3, -0.25) is 0 Å². The Labute approximate surface area is 129 Å². The van der Waals surface area contributed by atoms with E-state index < -0.39 is 0 Å². The van der Waals surface area contributed by atoms with Crippen LogP contribution in [-0.4, -0.2) is 14.5 Å². The molecule has 3 nitrogen and oxygen atoms in total. The van der Waals surface area contributed by atoms with Crippen LogP contribution in [-0.2, 0) is 6.54 Å². The van der Waals surface area contributed by atoms with Crippen molar-refractivity contribution in [2.45, 2.75) is 27.3 Å². The van der Waals surface area contributed by atoms with Crippen molar-refractivity contribution < 1.29 is 0 Å². The number of nitrogens with zero attached hydrogens (tertiary/aromatic N) is 2. The molecular weight excluding hydrogens is 270 g/mol. The van der Waals surface area contributed by atoms with Crippen LogP contribution in [0.4, 0.5) is 0 Å². The highest BCUT2D eigenvalue weighted by Crippen LogP contribution is 2.34. The zero-order valence-electron chi connectivity index (χ0n) is 13.1. The number of benzene rings is 2. The van der Waals surface area contributed by atoms with Crippen LogP contribution in [0.2, 0.25) is 0 Å². The largest absolute Gasteiger partial charge is 0.344 e. The maximum atomic E-state index is 4.81. The van der Waals surface area contributed by atoms with E-state index in [9.17, 15) is 0 Å². The molecule has 2 heterocycles. The zero-order valence-corrected chi connectivity index (χ0v) is 13.1. The molecular formula is C19H19N3. The SMILES string of the molecule is CCn1c(C)c(-c2nc3ccc(C)cc3[nH]2)c2ccccc21. The van der Waals surface area contributed by atoms with Gasteiger partial charge in [-0.15, -0.1) is 0 Å². The first-order valence-electron chi connectivity index (χ1n) is 7.73. The molecule has 0 bridgehead atoms. The maximum Gasteiger partial charge on any atom is 0.140 e. The van der Waals surface area contributed by atoms with E-state index in [1.165, 1.54) is 27.7 Å². The van der Waals surface area contributed by atoms with Crippen molar-refractivity contribution >= 4 is 21.9 Å². The molecule has 4 aromatic rings. The van der Waals surface area contributed by atoms with Crippen LogP contribution >= 0.6 is 0 Å². The molecule has 0 spiro atoms. The molecule has 0 atom stereocenters. The van der Waals surface area contributed by atoms with E-state index in [2.05, 4.69) is 72.8 Å². The third-order valence-corrected chi connectivity index (χ3v) is 4.42. The van der Waals surface area contributed by atoms with Gasteiger partial charge in [0.05, 0.1) is 11.0 Å². The minimum absolute atomic E-state index is 0.960. The summed E-state index contributed by atoms with van der Waals surface area (Å²) in [6.45, 7) is 7.43. The Balaban J connectivity index is 2.05.